The molecule has 4 rings (SSSR count). The number of ether oxygens (including phenoxy) is 1. The van der Waals surface area contributed by atoms with E-state index in [0.717, 1.165) is 29.5 Å². The summed E-state index contributed by atoms with van der Waals surface area (Å²) in [6, 6.07) is 14.4. The summed E-state index contributed by atoms with van der Waals surface area (Å²) in [4.78, 5) is 27.5. The number of carbonyl (C=O) groups excluding carboxylic acids is 2. The molecule has 0 spiro atoms. The van der Waals surface area contributed by atoms with Crippen LogP contribution >= 0.6 is 11.6 Å². The highest BCUT2D eigenvalue weighted by Gasteiger charge is 2.56. The van der Waals surface area contributed by atoms with Gasteiger partial charge >= 0.3 is 5.97 Å². The highest BCUT2D eigenvalue weighted by Crippen LogP contribution is 2.52. The fourth-order valence-corrected chi connectivity index (χ4v) is 3.86. The average molecular weight is 356 g/mol. The molecule has 1 fully saturated rings. The maximum Gasteiger partial charge on any atom is 0.333 e. The second-order valence-corrected chi connectivity index (χ2v) is 7.08. The Bertz CT molecular complexity index is 842. The van der Waals surface area contributed by atoms with Crippen LogP contribution in [-0.2, 0) is 26.3 Å². The predicted molar refractivity (Wildman–Crippen MR) is 94.1 cm³/mol. The second-order valence-electron chi connectivity index (χ2n) is 6.65. The van der Waals surface area contributed by atoms with Crippen molar-refractivity contribution in [2.75, 3.05) is 7.11 Å². The zero-order chi connectivity index (χ0) is 17.6. The molecule has 1 unspecified atom stereocenters. The molecule has 1 heterocycles. The van der Waals surface area contributed by atoms with Crippen LogP contribution in [0.3, 0.4) is 0 Å². The van der Waals surface area contributed by atoms with E-state index in [2.05, 4.69) is 0 Å². The van der Waals surface area contributed by atoms with Crippen LogP contribution < -0.4 is 0 Å². The summed E-state index contributed by atoms with van der Waals surface area (Å²) in [5, 5.41) is 0.646. The standard InChI is InChI=1S/C20H18ClNO3/c1-25-18(23)17-16-5-3-2-4-13(16)12-22(17)19(24)20(10-11-20)14-6-8-15(21)9-7-14/h2-9,17H,10-12H2,1H3. The Balaban J connectivity index is 1.70. The van der Waals surface area contributed by atoms with Gasteiger partial charge in [-0.2, -0.15) is 0 Å². The summed E-state index contributed by atoms with van der Waals surface area (Å²) in [5.41, 5.74) is 2.27. The number of methoxy groups -OCH3 is 1. The molecule has 25 heavy (non-hydrogen) atoms. The van der Waals surface area contributed by atoms with E-state index in [1.165, 1.54) is 7.11 Å². The molecule has 1 aliphatic carbocycles. The van der Waals surface area contributed by atoms with Crippen LogP contribution in [0, 0.1) is 0 Å². The van der Waals surface area contributed by atoms with Crippen LogP contribution in [0.1, 0.15) is 35.6 Å². The summed E-state index contributed by atoms with van der Waals surface area (Å²) < 4.78 is 4.98. The largest absolute Gasteiger partial charge is 0.467 e. The van der Waals surface area contributed by atoms with Crippen molar-refractivity contribution in [3.8, 4) is 0 Å². The molecule has 1 amide bonds. The number of hydrogen-bond acceptors (Lipinski definition) is 3. The molecule has 0 bridgehead atoms. The van der Waals surface area contributed by atoms with Crippen molar-refractivity contribution in [2.45, 2.75) is 30.8 Å². The molecule has 2 aromatic rings. The van der Waals surface area contributed by atoms with Gasteiger partial charge in [0.05, 0.1) is 12.5 Å². The lowest BCUT2D eigenvalue weighted by molar-refractivity contribution is -0.153. The Morgan fingerprint density at radius 2 is 1.80 bits per heavy atom. The Labute approximate surface area is 151 Å². The molecule has 0 saturated heterocycles. The minimum absolute atomic E-state index is 0.0126. The van der Waals surface area contributed by atoms with Gasteiger partial charge in [-0.3, -0.25) is 4.79 Å². The van der Waals surface area contributed by atoms with Crippen molar-refractivity contribution in [3.63, 3.8) is 0 Å². The minimum atomic E-state index is -0.668. The maximum absolute atomic E-state index is 13.4. The zero-order valence-electron chi connectivity index (χ0n) is 13.9. The number of amides is 1. The normalized spacial score (nSPS) is 20.1. The predicted octanol–water partition coefficient (Wildman–Crippen LogP) is 3.63. The van der Waals surface area contributed by atoms with Crippen molar-refractivity contribution in [2.24, 2.45) is 0 Å². The van der Waals surface area contributed by atoms with E-state index in [4.69, 9.17) is 16.3 Å². The first-order chi connectivity index (χ1) is 12.1. The molecule has 0 aromatic heterocycles. The Morgan fingerprint density at radius 3 is 2.44 bits per heavy atom. The first kappa shape index (κ1) is 16.2. The molecule has 1 saturated carbocycles. The molecule has 2 aromatic carbocycles. The molecule has 4 nitrogen and oxygen atoms in total. The topological polar surface area (TPSA) is 46.6 Å². The number of nitrogens with zero attached hydrogens (tertiary/aromatic N) is 1. The molecular formula is C20H18ClNO3. The number of fused-ring (bicyclic) bond motifs is 1. The van der Waals surface area contributed by atoms with E-state index >= 15 is 0 Å². The van der Waals surface area contributed by atoms with Crippen LogP contribution in [0.5, 0.6) is 0 Å². The van der Waals surface area contributed by atoms with E-state index in [1.807, 2.05) is 36.4 Å². The van der Waals surface area contributed by atoms with Crippen LogP contribution in [0.25, 0.3) is 0 Å². The van der Waals surface area contributed by atoms with Gasteiger partial charge in [-0.05, 0) is 41.7 Å². The van der Waals surface area contributed by atoms with E-state index < -0.39 is 17.4 Å². The summed E-state index contributed by atoms with van der Waals surface area (Å²) in [7, 11) is 1.36. The molecule has 128 valence electrons. The number of rotatable bonds is 3. The summed E-state index contributed by atoms with van der Waals surface area (Å²) in [5.74, 6) is -0.411. The van der Waals surface area contributed by atoms with Gasteiger partial charge in [0.25, 0.3) is 0 Å². The van der Waals surface area contributed by atoms with Crippen LogP contribution in [-0.4, -0.2) is 23.9 Å². The van der Waals surface area contributed by atoms with Crippen molar-refractivity contribution in [1.82, 2.24) is 4.90 Å². The van der Waals surface area contributed by atoms with Gasteiger partial charge in [-0.15, -0.1) is 0 Å². The Kier molecular flexibility index (Phi) is 3.80. The molecule has 0 N–H and O–H groups in total. The Hall–Kier alpha value is -2.33. The fourth-order valence-electron chi connectivity index (χ4n) is 3.74. The molecule has 5 heteroatoms. The Morgan fingerprint density at radius 1 is 1.12 bits per heavy atom. The van der Waals surface area contributed by atoms with Gasteiger partial charge in [0, 0.05) is 11.6 Å². The highest BCUT2D eigenvalue weighted by molar-refractivity contribution is 6.30. The monoisotopic (exact) mass is 355 g/mol. The first-order valence-corrected chi connectivity index (χ1v) is 8.67. The van der Waals surface area contributed by atoms with Gasteiger partial charge in [0.1, 0.15) is 0 Å². The molecule has 0 radical (unpaired) electrons. The van der Waals surface area contributed by atoms with Gasteiger partial charge in [-0.1, -0.05) is 48.0 Å². The van der Waals surface area contributed by atoms with E-state index in [-0.39, 0.29) is 5.91 Å². The average Bonchev–Trinajstić information content (AvgIpc) is 3.35. The minimum Gasteiger partial charge on any atom is -0.467 e. The molecular weight excluding hydrogens is 338 g/mol. The highest BCUT2D eigenvalue weighted by atomic mass is 35.5. The summed E-state index contributed by atoms with van der Waals surface area (Å²) in [6.07, 6.45) is 1.57. The smallest absolute Gasteiger partial charge is 0.333 e. The molecule has 2 aliphatic rings. The molecule has 1 aliphatic heterocycles. The van der Waals surface area contributed by atoms with Crippen molar-refractivity contribution < 1.29 is 14.3 Å². The lowest BCUT2D eigenvalue weighted by Crippen LogP contribution is -2.41. The maximum atomic E-state index is 13.4. The lowest BCUT2D eigenvalue weighted by atomic mass is 9.94. The third-order valence-corrected chi connectivity index (χ3v) is 5.50. The number of hydrogen-bond donors (Lipinski definition) is 0. The van der Waals surface area contributed by atoms with Gasteiger partial charge in [-0.25, -0.2) is 4.79 Å². The third-order valence-electron chi connectivity index (χ3n) is 5.24. The van der Waals surface area contributed by atoms with Crippen LogP contribution in [0.15, 0.2) is 48.5 Å². The van der Waals surface area contributed by atoms with Gasteiger partial charge < -0.3 is 9.64 Å². The van der Waals surface area contributed by atoms with E-state index in [9.17, 15) is 9.59 Å². The third kappa shape index (κ3) is 2.52. The quantitative estimate of drug-likeness (QED) is 0.790. The summed E-state index contributed by atoms with van der Waals surface area (Å²) in [6.45, 7) is 0.435. The van der Waals surface area contributed by atoms with E-state index in [0.29, 0.717) is 11.6 Å². The van der Waals surface area contributed by atoms with Gasteiger partial charge in [0.15, 0.2) is 6.04 Å². The lowest BCUT2D eigenvalue weighted by Gasteiger charge is -2.28. The molecule has 1 atom stereocenters. The number of carbonyl (C=O) groups is 2. The second kappa shape index (κ2) is 5.88. The number of esters is 1. The van der Waals surface area contributed by atoms with E-state index in [1.54, 1.807) is 17.0 Å². The van der Waals surface area contributed by atoms with Crippen molar-refractivity contribution >= 4 is 23.5 Å². The first-order valence-electron chi connectivity index (χ1n) is 8.29. The fraction of sp³-hybridized carbons (Fsp3) is 0.300. The van der Waals surface area contributed by atoms with Gasteiger partial charge in [0.2, 0.25) is 5.91 Å². The summed E-state index contributed by atoms with van der Waals surface area (Å²) >= 11 is 5.98. The zero-order valence-corrected chi connectivity index (χ0v) is 14.6. The van der Waals surface area contributed by atoms with Crippen molar-refractivity contribution in [1.29, 1.82) is 0 Å². The van der Waals surface area contributed by atoms with Crippen LogP contribution in [0.2, 0.25) is 5.02 Å². The SMILES string of the molecule is COC(=O)C1c2ccccc2CN1C(=O)C1(c2ccc(Cl)cc2)CC1. The number of halogens is 1. The van der Waals surface area contributed by atoms with Crippen molar-refractivity contribution in [3.05, 3.63) is 70.2 Å². The number of benzene rings is 2. The van der Waals surface area contributed by atoms with Crippen LogP contribution in [0.4, 0.5) is 0 Å².